The van der Waals surface area contributed by atoms with Crippen LogP contribution in [0.25, 0.3) is 0 Å². The van der Waals surface area contributed by atoms with Gasteiger partial charge in [-0.05, 0) is 40.1 Å². The summed E-state index contributed by atoms with van der Waals surface area (Å²) in [7, 11) is 4.01. The lowest BCUT2D eigenvalue weighted by Gasteiger charge is -2.33. The molecule has 0 aliphatic heterocycles. The van der Waals surface area contributed by atoms with E-state index in [0.717, 1.165) is 12.2 Å². The zero-order valence-electron chi connectivity index (χ0n) is 11.2. The van der Waals surface area contributed by atoms with Crippen molar-refractivity contribution < 1.29 is 4.92 Å². The zero-order chi connectivity index (χ0) is 13.9. The number of nitro benzene ring substituents is 1. The van der Waals surface area contributed by atoms with Crippen LogP contribution in [0.15, 0.2) is 18.2 Å². The summed E-state index contributed by atoms with van der Waals surface area (Å²) in [5, 5.41) is 13.9. The molecule has 0 unspecified atom stereocenters. The first-order valence-corrected chi connectivity index (χ1v) is 5.69. The fourth-order valence-corrected chi connectivity index (χ4v) is 1.31. The SMILES string of the molecule is CN(C)C(C)(C)CNc1ccc([N+](=O)[O-])c(N)c1. The molecule has 0 aliphatic rings. The van der Waals surface area contributed by atoms with E-state index >= 15 is 0 Å². The Morgan fingerprint density at radius 3 is 2.50 bits per heavy atom. The Balaban J connectivity index is 2.76. The van der Waals surface area contributed by atoms with E-state index < -0.39 is 4.92 Å². The third-order valence-electron chi connectivity index (χ3n) is 3.16. The number of hydrogen-bond donors (Lipinski definition) is 2. The standard InChI is InChI=1S/C12H20N4O2/c1-12(2,15(3)4)8-14-9-5-6-11(16(17)18)10(13)7-9/h5-7,14H,8,13H2,1-4H3. The number of nitrogen functional groups attached to an aromatic ring is 1. The minimum absolute atomic E-state index is 0.0173. The molecule has 1 aromatic carbocycles. The first-order valence-electron chi connectivity index (χ1n) is 5.69. The second-order valence-corrected chi connectivity index (χ2v) is 5.09. The minimum Gasteiger partial charge on any atom is -0.393 e. The van der Waals surface area contributed by atoms with Gasteiger partial charge in [-0.3, -0.25) is 10.1 Å². The van der Waals surface area contributed by atoms with Gasteiger partial charge in [0.2, 0.25) is 0 Å². The van der Waals surface area contributed by atoms with Gasteiger partial charge in [0.25, 0.3) is 5.69 Å². The van der Waals surface area contributed by atoms with Gasteiger partial charge in [-0.1, -0.05) is 0 Å². The Labute approximate surface area is 107 Å². The monoisotopic (exact) mass is 252 g/mol. The second-order valence-electron chi connectivity index (χ2n) is 5.09. The van der Waals surface area contributed by atoms with Crippen LogP contribution in [0.1, 0.15) is 13.8 Å². The molecular weight excluding hydrogens is 232 g/mol. The van der Waals surface area contributed by atoms with Gasteiger partial charge in [0.05, 0.1) is 4.92 Å². The van der Waals surface area contributed by atoms with E-state index in [4.69, 9.17) is 5.73 Å². The molecule has 0 aliphatic carbocycles. The van der Waals surface area contributed by atoms with Crippen LogP contribution in [0.2, 0.25) is 0 Å². The van der Waals surface area contributed by atoms with E-state index in [1.54, 1.807) is 12.1 Å². The van der Waals surface area contributed by atoms with E-state index in [1.165, 1.54) is 6.07 Å². The van der Waals surface area contributed by atoms with Gasteiger partial charge in [0.15, 0.2) is 0 Å². The molecule has 0 radical (unpaired) electrons. The van der Waals surface area contributed by atoms with Crippen LogP contribution < -0.4 is 11.1 Å². The van der Waals surface area contributed by atoms with E-state index in [0.29, 0.717) is 0 Å². The van der Waals surface area contributed by atoms with Crippen molar-refractivity contribution in [1.82, 2.24) is 4.90 Å². The summed E-state index contributed by atoms with van der Waals surface area (Å²) in [5.74, 6) is 0. The molecule has 0 amide bonds. The molecule has 0 saturated carbocycles. The molecule has 1 aromatic rings. The number of nitrogens with zero attached hydrogens (tertiary/aromatic N) is 2. The Morgan fingerprint density at radius 1 is 1.44 bits per heavy atom. The highest BCUT2D eigenvalue weighted by Gasteiger charge is 2.20. The third kappa shape index (κ3) is 3.33. The number of likely N-dealkylation sites (N-methyl/N-ethyl adjacent to an activating group) is 1. The smallest absolute Gasteiger partial charge is 0.292 e. The van der Waals surface area contributed by atoms with Crippen LogP contribution in [0, 0.1) is 10.1 Å². The summed E-state index contributed by atoms with van der Waals surface area (Å²) >= 11 is 0. The van der Waals surface area contributed by atoms with Crippen molar-refractivity contribution in [3.63, 3.8) is 0 Å². The number of nitrogens with two attached hydrogens (primary N) is 1. The van der Waals surface area contributed by atoms with Crippen molar-refractivity contribution in [2.45, 2.75) is 19.4 Å². The number of nitrogens with one attached hydrogen (secondary N) is 1. The maximum absolute atomic E-state index is 10.6. The largest absolute Gasteiger partial charge is 0.393 e. The molecule has 18 heavy (non-hydrogen) atoms. The molecule has 0 aromatic heterocycles. The van der Waals surface area contributed by atoms with Gasteiger partial charge in [0, 0.05) is 23.8 Å². The Morgan fingerprint density at radius 2 is 2.06 bits per heavy atom. The quantitative estimate of drug-likeness (QED) is 0.475. The normalized spacial score (nSPS) is 11.6. The van der Waals surface area contributed by atoms with Gasteiger partial charge in [-0.25, -0.2) is 0 Å². The number of nitro groups is 1. The fourth-order valence-electron chi connectivity index (χ4n) is 1.31. The average Bonchev–Trinajstić information content (AvgIpc) is 2.25. The summed E-state index contributed by atoms with van der Waals surface area (Å²) < 4.78 is 0. The molecule has 100 valence electrons. The summed E-state index contributed by atoms with van der Waals surface area (Å²) in [4.78, 5) is 12.3. The number of hydrogen-bond acceptors (Lipinski definition) is 5. The molecule has 0 fully saturated rings. The molecule has 6 nitrogen and oxygen atoms in total. The third-order valence-corrected chi connectivity index (χ3v) is 3.16. The number of anilines is 2. The van der Waals surface area contributed by atoms with E-state index in [9.17, 15) is 10.1 Å². The average molecular weight is 252 g/mol. The van der Waals surface area contributed by atoms with Gasteiger partial charge >= 0.3 is 0 Å². The summed E-state index contributed by atoms with van der Waals surface area (Å²) in [5.41, 5.74) is 6.51. The molecular formula is C12H20N4O2. The Hall–Kier alpha value is -1.82. The maximum atomic E-state index is 10.6. The van der Waals surface area contributed by atoms with Gasteiger partial charge < -0.3 is 16.0 Å². The van der Waals surface area contributed by atoms with Crippen molar-refractivity contribution in [3.05, 3.63) is 28.3 Å². The highest BCUT2D eigenvalue weighted by molar-refractivity contribution is 5.65. The predicted octanol–water partition coefficient (Wildman–Crippen LogP) is 1.93. The van der Waals surface area contributed by atoms with Crippen molar-refractivity contribution >= 4 is 17.1 Å². The fraction of sp³-hybridized carbons (Fsp3) is 0.500. The lowest BCUT2D eigenvalue weighted by Crippen LogP contribution is -2.44. The number of benzene rings is 1. The Kier molecular flexibility index (Phi) is 4.13. The van der Waals surface area contributed by atoms with Crippen molar-refractivity contribution in [2.24, 2.45) is 0 Å². The topological polar surface area (TPSA) is 84.4 Å². The summed E-state index contributed by atoms with van der Waals surface area (Å²) in [6.45, 7) is 4.93. The van der Waals surface area contributed by atoms with Crippen LogP contribution >= 0.6 is 0 Å². The molecule has 6 heteroatoms. The van der Waals surface area contributed by atoms with Crippen LogP contribution in [-0.2, 0) is 0 Å². The minimum atomic E-state index is -0.483. The van der Waals surface area contributed by atoms with Crippen LogP contribution in [-0.4, -0.2) is 36.0 Å². The molecule has 3 N–H and O–H groups in total. The van der Waals surface area contributed by atoms with Crippen LogP contribution in [0.4, 0.5) is 17.1 Å². The van der Waals surface area contributed by atoms with Crippen molar-refractivity contribution in [2.75, 3.05) is 31.7 Å². The molecule has 0 heterocycles. The van der Waals surface area contributed by atoms with Crippen LogP contribution in [0.5, 0.6) is 0 Å². The molecule has 0 atom stereocenters. The Bertz CT molecular complexity index is 444. The second kappa shape index (κ2) is 5.22. The lowest BCUT2D eigenvalue weighted by atomic mass is 10.0. The maximum Gasteiger partial charge on any atom is 0.292 e. The lowest BCUT2D eigenvalue weighted by molar-refractivity contribution is -0.383. The summed E-state index contributed by atoms with van der Waals surface area (Å²) in [6.07, 6.45) is 0. The van der Waals surface area contributed by atoms with Gasteiger partial charge in [-0.2, -0.15) is 0 Å². The first kappa shape index (κ1) is 14.2. The van der Waals surface area contributed by atoms with Gasteiger partial charge in [0.1, 0.15) is 5.69 Å². The van der Waals surface area contributed by atoms with Crippen LogP contribution in [0.3, 0.4) is 0 Å². The molecule has 0 bridgehead atoms. The van der Waals surface area contributed by atoms with Gasteiger partial charge in [-0.15, -0.1) is 0 Å². The van der Waals surface area contributed by atoms with E-state index in [2.05, 4.69) is 24.1 Å². The molecule has 1 rings (SSSR count). The predicted molar refractivity (Wildman–Crippen MR) is 73.8 cm³/mol. The molecule has 0 spiro atoms. The van der Waals surface area contributed by atoms with E-state index in [1.807, 2.05) is 14.1 Å². The highest BCUT2D eigenvalue weighted by Crippen LogP contribution is 2.25. The van der Waals surface area contributed by atoms with Crippen molar-refractivity contribution in [3.8, 4) is 0 Å². The summed E-state index contributed by atoms with van der Waals surface area (Å²) in [6, 6.07) is 4.67. The number of rotatable bonds is 5. The molecule has 0 saturated heterocycles. The van der Waals surface area contributed by atoms with Crippen molar-refractivity contribution in [1.29, 1.82) is 0 Å². The first-order chi connectivity index (χ1) is 8.24. The van der Waals surface area contributed by atoms with E-state index in [-0.39, 0.29) is 16.9 Å². The highest BCUT2D eigenvalue weighted by atomic mass is 16.6. The zero-order valence-corrected chi connectivity index (χ0v) is 11.2.